The van der Waals surface area contributed by atoms with Crippen LogP contribution in [0.25, 0.3) is 70.5 Å². The molecule has 2 N–H and O–H groups in total. The van der Waals surface area contributed by atoms with Gasteiger partial charge in [-0.15, -0.1) is 17.0 Å². The van der Waals surface area contributed by atoms with Crippen molar-refractivity contribution in [3.63, 3.8) is 0 Å². The van der Waals surface area contributed by atoms with E-state index in [9.17, 15) is 27.6 Å². The minimum Gasteiger partial charge on any atom is -0.753 e. The van der Waals surface area contributed by atoms with E-state index in [1.807, 2.05) is 5.38 Å². The van der Waals surface area contributed by atoms with Crippen molar-refractivity contribution in [2.75, 3.05) is 0 Å². The number of aromatic nitrogens is 6. The molecule has 0 aliphatic heterocycles. The fourth-order valence-corrected chi connectivity index (χ4v) is 8.35. The Morgan fingerprint density at radius 1 is 0.841 bits per heavy atom. The number of unbranched alkanes of at least 4 members (excludes halogenated alkanes) is 3. The van der Waals surface area contributed by atoms with E-state index in [-0.39, 0.29) is 41.3 Å². The molecule has 0 aliphatic carbocycles. The fourth-order valence-electron chi connectivity index (χ4n) is 5.64. The van der Waals surface area contributed by atoms with Gasteiger partial charge in [-0.3, -0.25) is 34.7 Å². The molecule has 23 heteroatoms. The van der Waals surface area contributed by atoms with E-state index in [2.05, 4.69) is 55.1 Å². The van der Waals surface area contributed by atoms with E-state index in [0.717, 1.165) is 46.0 Å². The molecule has 0 aliphatic rings. The molecule has 7 heterocycles. The molecule has 0 radical (unpaired) electrons. The number of isothiocyanates is 1. The van der Waals surface area contributed by atoms with Crippen LogP contribution in [-0.2, 0) is 40.3 Å². The number of hydrogen-bond donors (Lipinski definition) is 1. The summed E-state index contributed by atoms with van der Waals surface area (Å²) in [6, 6.07) is 11.9. The maximum absolute atomic E-state index is 12.5. The van der Waals surface area contributed by atoms with Crippen LogP contribution in [0.3, 0.4) is 0 Å². The molecule has 0 saturated heterocycles. The summed E-state index contributed by atoms with van der Waals surface area (Å²) in [7, 11) is 0. The number of thiocarbonyl (C=S) groups is 1. The van der Waals surface area contributed by atoms with Crippen LogP contribution in [-0.4, -0.2) is 66.4 Å². The molecule has 15 nitrogen and oxygen atoms in total. The van der Waals surface area contributed by atoms with Crippen molar-refractivity contribution in [1.29, 1.82) is 5.41 Å². The molecule has 63 heavy (non-hydrogen) atoms. The molecule has 324 valence electrons. The van der Waals surface area contributed by atoms with E-state index < -0.39 is 17.6 Å². The van der Waals surface area contributed by atoms with Crippen LogP contribution in [0, 0.1) is 5.41 Å². The first-order valence-electron chi connectivity index (χ1n) is 17.9. The Labute approximate surface area is 386 Å². The van der Waals surface area contributed by atoms with E-state index in [0.29, 0.717) is 68.7 Å². The summed E-state index contributed by atoms with van der Waals surface area (Å²) in [4.78, 5) is 59.5. The molecular formula is C40H30F3N9O6RuS4. The molecule has 0 fully saturated rings. The number of hydrogen-bond acceptors (Lipinski definition) is 17. The number of ether oxygens (including phenoxy) is 3. The number of nitrogens with zero attached hydrogens (tertiary/aromatic N) is 7. The molecule has 0 amide bonds. The fraction of sp³-hybridized carbons (Fsp3) is 0.175. The van der Waals surface area contributed by atoms with Gasteiger partial charge in [-0.1, -0.05) is 61.1 Å². The number of carbonyl (C=O) groups is 3. The zero-order chi connectivity index (χ0) is 44.6. The summed E-state index contributed by atoms with van der Waals surface area (Å²) in [5, 5.41) is 17.8. The van der Waals surface area contributed by atoms with Gasteiger partial charge in [-0.05, 0) is 65.8 Å². The number of rotatable bonds is 16. The van der Waals surface area contributed by atoms with Crippen molar-refractivity contribution in [2.24, 2.45) is 0 Å². The summed E-state index contributed by atoms with van der Waals surface area (Å²) in [5.74, 6) is 0.213. The summed E-state index contributed by atoms with van der Waals surface area (Å²) in [5.41, 5.74) is 10.8. The second-order valence-corrected chi connectivity index (χ2v) is 15.3. The molecular weight excluding hydrogens is 989 g/mol. The number of aryl methyl sites for hydroxylation is 1. The standard InChI is InChI=1S/C20H9N5O6S2.C19H21F3N3S.CNS.Ru/c26-7-29-10-5-13(15-17-11(1-3-21-15)24-19(32-17)30-8-27)23-14(6-10)16-18-12(2-4-22-16)25-20(33-18)31-9-28;1-2-3-4-5-6-13-8-10-26-18(13)14-7-9-25-16(11-14)15(23)12-17(24)19(20,21)22;2-1-3;/h1-9H;7-12,23-24H,2-6H2,1H3;;/q;2*-1;+2/b;15-12-,24-17?;;. The van der Waals surface area contributed by atoms with Crippen LogP contribution in [0.2, 0.25) is 0 Å². The van der Waals surface area contributed by atoms with Gasteiger partial charge in [0.05, 0.1) is 31.8 Å². The number of carbonyl (C=O) groups excluding carboxylic acids is 3. The number of thiazole rings is 2. The summed E-state index contributed by atoms with van der Waals surface area (Å²) in [6.07, 6.45) is 5.92. The Kier molecular flexibility index (Phi) is 18.8. The Balaban J connectivity index is 0.000000264. The van der Waals surface area contributed by atoms with Gasteiger partial charge < -0.3 is 25.4 Å². The molecule has 0 unspecified atom stereocenters. The van der Waals surface area contributed by atoms with Gasteiger partial charge >= 0.3 is 25.7 Å². The van der Waals surface area contributed by atoms with Gasteiger partial charge in [0, 0.05) is 41.3 Å². The van der Waals surface area contributed by atoms with Crippen molar-refractivity contribution in [3.8, 4) is 49.4 Å². The monoisotopic (exact) mass is 1020 g/mol. The first-order chi connectivity index (χ1) is 29.9. The SMILES string of the molecule is CCCCCCc1ccsc1-c1ccnc(/C([NH-])=C/C(=N)C(F)(F)F)c1.O=COc1cc(-c2nccc3nc(OC=O)sc23)nc(-c2nccc3nc(OC=O)sc23)c1.[N-]=C=S.[Ru+2]. The second-order valence-electron chi connectivity index (χ2n) is 12.3. The Morgan fingerprint density at radius 2 is 1.40 bits per heavy atom. The molecule has 0 spiro atoms. The normalized spacial score (nSPS) is 10.9. The summed E-state index contributed by atoms with van der Waals surface area (Å²) >= 11 is 7.52. The number of allylic oxidation sites excluding steroid dienone is 1. The molecule has 0 saturated carbocycles. The van der Waals surface area contributed by atoms with Gasteiger partial charge in [0.1, 0.15) is 22.8 Å². The Bertz CT molecular complexity index is 2670. The third kappa shape index (κ3) is 13.2. The largest absolute Gasteiger partial charge is 2.00 e. The van der Waals surface area contributed by atoms with Crippen LogP contribution in [0.1, 0.15) is 43.9 Å². The third-order valence-electron chi connectivity index (χ3n) is 8.27. The third-order valence-corrected chi connectivity index (χ3v) is 11.2. The smallest absolute Gasteiger partial charge is 0.753 e. The first kappa shape index (κ1) is 49.6. The number of thiophene rings is 1. The number of alkyl halides is 3. The van der Waals surface area contributed by atoms with Gasteiger partial charge in [0.2, 0.25) is 0 Å². The predicted molar refractivity (Wildman–Crippen MR) is 235 cm³/mol. The summed E-state index contributed by atoms with van der Waals surface area (Å²) in [6.45, 7) is 3.06. The van der Waals surface area contributed by atoms with Crippen LogP contribution in [0.15, 0.2) is 72.5 Å². The number of halogens is 3. The van der Waals surface area contributed by atoms with Crippen LogP contribution >= 0.6 is 46.2 Å². The van der Waals surface area contributed by atoms with Gasteiger partial charge in [0.25, 0.3) is 29.8 Å². The Hall–Kier alpha value is -6.09. The zero-order valence-corrected chi connectivity index (χ0v) is 37.4. The zero-order valence-electron chi connectivity index (χ0n) is 32.4. The number of nitrogens with one attached hydrogen (secondary N) is 2. The van der Waals surface area contributed by atoms with Crippen LogP contribution < -0.4 is 14.2 Å². The van der Waals surface area contributed by atoms with Crippen molar-refractivity contribution in [1.82, 2.24) is 29.9 Å². The maximum atomic E-state index is 12.5. The van der Waals surface area contributed by atoms with Crippen molar-refractivity contribution in [3.05, 3.63) is 94.9 Å². The van der Waals surface area contributed by atoms with Crippen LogP contribution in [0.5, 0.6) is 16.1 Å². The Morgan fingerprint density at radius 3 is 1.92 bits per heavy atom. The first-order valence-corrected chi connectivity index (χ1v) is 20.8. The van der Waals surface area contributed by atoms with Crippen LogP contribution in [0.4, 0.5) is 13.2 Å². The minimum atomic E-state index is -4.76. The van der Waals surface area contributed by atoms with E-state index in [1.54, 1.807) is 60.1 Å². The van der Waals surface area contributed by atoms with E-state index in [4.69, 9.17) is 30.8 Å². The second kappa shape index (κ2) is 23.9. The molecule has 0 atom stereocenters. The molecule has 7 rings (SSSR count). The number of fused-ring (bicyclic) bond motifs is 2. The average molecular weight is 1020 g/mol. The van der Waals surface area contributed by atoms with Gasteiger partial charge in [-0.25, -0.2) is 15.0 Å². The molecule has 0 bridgehead atoms. The van der Waals surface area contributed by atoms with Crippen molar-refractivity contribution >= 4 is 103 Å². The maximum Gasteiger partial charge on any atom is 2.00 e. The van der Waals surface area contributed by atoms with E-state index in [1.165, 1.54) is 36.2 Å². The predicted octanol–water partition coefficient (Wildman–Crippen LogP) is 10.6. The van der Waals surface area contributed by atoms with Gasteiger partial charge in [0.15, 0.2) is 0 Å². The average Bonchev–Trinajstić information content (AvgIpc) is 4.01. The quantitative estimate of drug-likeness (QED) is 0.0313. The number of pyridine rings is 4. The molecule has 7 aromatic rings. The van der Waals surface area contributed by atoms with Crippen molar-refractivity contribution in [2.45, 2.75) is 45.2 Å². The molecule has 0 aromatic carbocycles. The topological polar surface area (TPSA) is 226 Å². The molecule has 7 aromatic heterocycles. The summed E-state index contributed by atoms with van der Waals surface area (Å²) < 4.78 is 53.5. The minimum absolute atomic E-state index is 0. The van der Waals surface area contributed by atoms with Gasteiger partial charge in [-0.2, -0.15) is 18.3 Å². The van der Waals surface area contributed by atoms with E-state index >= 15 is 0 Å². The van der Waals surface area contributed by atoms with Crippen molar-refractivity contribution < 1.29 is 61.2 Å².